The average molecular weight is 278 g/mol. The van der Waals surface area contributed by atoms with Gasteiger partial charge in [-0.25, -0.2) is 4.98 Å². The number of nitrogens with one attached hydrogen (secondary N) is 1. The maximum absolute atomic E-state index is 11.9. The number of imidazole rings is 1. The van der Waals surface area contributed by atoms with E-state index in [1.165, 1.54) is 0 Å². The van der Waals surface area contributed by atoms with E-state index in [1.807, 2.05) is 35.0 Å². The molecule has 3 aromatic rings. The number of hydrogen-bond donors (Lipinski definition) is 1. The second-order valence-electron chi connectivity index (χ2n) is 4.56. The largest absolute Gasteiger partial charge is 0.348 e. The first-order valence-corrected chi connectivity index (χ1v) is 6.58. The first-order chi connectivity index (χ1) is 10.3. The molecule has 0 radical (unpaired) electrons. The Morgan fingerprint density at radius 2 is 1.95 bits per heavy atom. The summed E-state index contributed by atoms with van der Waals surface area (Å²) < 4.78 is 1.93. The van der Waals surface area contributed by atoms with Crippen LogP contribution in [-0.4, -0.2) is 20.4 Å². The van der Waals surface area contributed by atoms with Gasteiger partial charge in [-0.2, -0.15) is 0 Å². The molecule has 0 saturated carbocycles. The molecule has 0 aliphatic carbocycles. The lowest BCUT2D eigenvalue weighted by Crippen LogP contribution is -2.22. The van der Waals surface area contributed by atoms with Gasteiger partial charge in [-0.3, -0.25) is 9.78 Å². The van der Waals surface area contributed by atoms with Crippen LogP contribution in [0.25, 0.3) is 5.69 Å². The molecule has 0 saturated heterocycles. The van der Waals surface area contributed by atoms with Gasteiger partial charge in [-0.05, 0) is 29.8 Å². The van der Waals surface area contributed by atoms with Crippen molar-refractivity contribution in [2.45, 2.75) is 6.54 Å². The lowest BCUT2D eigenvalue weighted by Gasteiger charge is -2.07. The standard InChI is InChI=1S/C16H14N4O/c21-16(14-2-1-7-17-11-14)19-10-13-3-5-15(6-4-13)20-9-8-18-12-20/h1-9,11-12H,10H2,(H,19,21). The summed E-state index contributed by atoms with van der Waals surface area (Å²) in [5.74, 6) is -0.123. The Hall–Kier alpha value is -2.95. The maximum Gasteiger partial charge on any atom is 0.253 e. The molecule has 3 rings (SSSR count). The zero-order valence-electron chi connectivity index (χ0n) is 11.3. The summed E-state index contributed by atoms with van der Waals surface area (Å²) in [5.41, 5.74) is 2.64. The van der Waals surface area contributed by atoms with E-state index in [2.05, 4.69) is 15.3 Å². The third kappa shape index (κ3) is 3.14. The molecule has 0 fully saturated rings. The Morgan fingerprint density at radius 1 is 1.10 bits per heavy atom. The minimum Gasteiger partial charge on any atom is -0.348 e. The van der Waals surface area contributed by atoms with Crippen LogP contribution in [-0.2, 0) is 6.54 Å². The molecular weight excluding hydrogens is 264 g/mol. The summed E-state index contributed by atoms with van der Waals surface area (Å²) in [5, 5.41) is 2.87. The lowest BCUT2D eigenvalue weighted by molar-refractivity contribution is 0.0950. The summed E-state index contributed by atoms with van der Waals surface area (Å²) in [4.78, 5) is 19.9. The number of pyridine rings is 1. The van der Waals surface area contributed by atoms with Crippen molar-refractivity contribution in [2.24, 2.45) is 0 Å². The van der Waals surface area contributed by atoms with E-state index >= 15 is 0 Å². The third-order valence-corrected chi connectivity index (χ3v) is 3.12. The Bertz CT molecular complexity index is 706. The maximum atomic E-state index is 11.9. The molecule has 0 atom stereocenters. The van der Waals surface area contributed by atoms with Crippen LogP contribution in [0, 0.1) is 0 Å². The summed E-state index contributed by atoms with van der Waals surface area (Å²) in [6, 6.07) is 11.4. The lowest BCUT2D eigenvalue weighted by atomic mass is 10.2. The summed E-state index contributed by atoms with van der Waals surface area (Å²) in [6.45, 7) is 0.484. The van der Waals surface area contributed by atoms with Crippen molar-refractivity contribution in [1.82, 2.24) is 19.9 Å². The molecule has 5 nitrogen and oxygen atoms in total. The molecule has 0 aliphatic rings. The normalized spacial score (nSPS) is 10.3. The number of benzene rings is 1. The molecule has 0 aliphatic heterocycles. The molecule has 21 heavy (non-hydrogen) atoms. The van der Waals surface area contributed by atoms with Crippen LogP contribution in [0.15, 0.2) is 67.5 Å². The van der Waals surface area contributed by atoms with Gasteiger partial charge in [-0.15, -0.1) is 0 Å². The Labute approximate surface area is 122 Å². The third-order valence-electron chi connectivity index (χ3n) is 3.12. The van der Waals surface area contributed by atoms with Gasteiger partial charge in [0.05, 0.1) is 11.9 Å². The second-order valence-corrected chi connectivity index (χ2v) is 4.56. The topological polar surface area (TPSA) is 59.8 Å². The monoisotopic (exact) mass is 278 g/mol. The van der Waals surface area contributed by atoms with Gasteiger partial charge in [0.2, 0.25) is 0 Å². The van der Waals surface area contributed by atoms with Crippen LogP contribution >= 0.6 is 0 Å². The van der Waals surface area contributed by atoms with E-state index < -0.39 is 0 Å². The molecule has 104 valence electrons. The number of hydrogen-bond acceptors (Lipinski definition) is 3. The summed E-state index contributed by atoms with van der Waals surface area (Å²) >= 11 is 0. The quantitative estimate of drug-likeness (QED) is 0.796. The fourth-order valence-electron chi connectivity index (χ4n) is 1.98. The van der Waals surface area contributed by atoms with Crippen LogP contribution in [0.1, 0.15) is 15.9 Å². The van der Waals surface area contributed by atoms with Crippen molar-refractivity contribution in [3.05, 3.63) is 78.6 Å². The molecule has 0 bridgehead atoms. The van der Waals surface area contributed by atoms with Crippen molar-refractivity contribution in [3.8, 4) is 5.69 Å². The van der Waals surface area contributed by atoms with E-state index in [0.29, 0.717) is 12.1 Å². The number of aromatic nitrogens is 3. The fourth-order valence-corrected chi connectivity index (χ4v) is 1.98. The molecule has 0 spiro atoms. The van der Waals surface area contributed by atoms with E-state index in [1.54, 1.807) is 37.1 Å². The number of amides is 1. The molecule has 5 heteroatoms. The van der Waals surface area contributed by atoms with Crippen molar-refractivity contribution in [2.75, 3.05) is 0 Å². The Balaban J connectivity index is 1.62. The predicted octanol–water partition coefficient (Wildman–Crippen LogP) is 2.20. The summed E-state index contributed by atoms with van der Waals surface area (Å²) in [7, 11) is 0. The van der Waals surface area contributed by atoms with Crippen LogP contribution in [0.5, 0.6) is 0 Å². The van der Waals surface area contributed by atoms with Crippen molar-refractivity contribution in [3.63, 3.8) is 0 Å². The van der Waals surface area contributed by atoms with Gasteiger partial charge in [0.25, 0.3) is 5.91 Å². The van der Waals surface area contributed by atoms with E-state index in [0.717, 1.165) is 11.3 Å². The molecular formula is C16H14N4O. The zero-order chi connectivity index (χ0) is 14.5. The minimum atomic E-state index is -0.123. The van der Waals surface area contributed by atoms with Gasteiger partial charge < -0.3 is 9.88 Å². The predicted molar refractivity (Wildman–Crippen MR) is 79.0 cm³/mol. The number of carbonyl (C=O) groups excluding carboxylic acids is 1. The van der Waals surface area contributed by atoms with Crippen LogP contribution in [0.2, 0.25) is 0 Å². The van der Waals surface area contributed by atoms with Crippen molar-refractivity contribution in [1.29, 1.82) is 0 Å². The highest BCUT2D eigenvalue weighted by atomic mass is 16.1. The molecule has 1 aromatic carbocycles. The van der Waals surface area contributed by atoms with Crippen molar-refractivity contribution < 1.29 is 4.79 Å². The first-order valence-electron chi connectivity index (χ1n) is 6.58. The number of carbonyl (C=O) groups is 1. The second kappa shape index (κ2) is 6.00. The highest BCUT2D eigenvalue weighted by Gasteiger charge is 2.04. The van der Waals surface area contributed by atoms with Crippen LogP contribution < -0.4 is 5.32 Å². The van der Waals surface area contributed by atoms with Crippen LogP contribution in [0.3, 0.4) is 0 Å². The van der Waals surface area contributed by atoms with Gasteiger partial charge in [0, 0.05) is 37.0 Å². The van der Waals surface area contributed by atoms with E-state index in [-0.39, 0.29) is 5.91 Å². The van der Waals surface area contributed by atoms with Gasteiger partial charge >= 0.3 is 0 Å². The highest BCUT2D eigenvalue weighted by Crippen LogP contribution is 2.09. The zero-order valence-corrected chi connectivity index (χ0v) is 11.3. The smallest absolute Gasteiger partial charge is 0.253 e. The van der Waals surface area contributed by atoms with E-state index in [4.69, 9.17) is 0 Å². The molecule has 1 N–H and O–H groups in total. The molecule has 1 amide bonds. The Kier molecular flexibility index (Phi) is 3.73. The first kappa shape index (κ1) is 13.1. The SMILES string of the molecule is O=C(NCc1ccc(-n2ccnc2)cc1)c1cccnc1. The number of rotatable bonds is 4. The summed E-state index contributed by atoms with van der Waals surface area (Å²) in [6.07, 6.45) is 8.57. The van der Waals surface area contributed by atoms with E-state index in [9.17, 15) is 4.79 Å². The van der Waals surface area contributed by atoms with Crippen LogP contribution in [0.4, 0.5) is 0 Å². The fraction of sp³-hybridized carbons (Fsp3) is 0.0625. The van der Waals surface area contributed by atoms with Gasteiger partial charge in [0.15, 0.2) is 0 Å². The van der Waals surface area contributed by atoms with Crippen molar-refractivity contribution >= 4 is 5.91 Å². The molecule has 2 heterocycles. The number of nitrogens with zero attached hydrogens (tertiary/aromatic N) is 3. The molecule has 0 unspecified atom stereocenters. The Morgan fingerprint density at radius 3 is 2.62 bits per heavy atom. The van der Waals surface area contributed by atoms with Gasteiger partial charge in [0.1, 0.15) is 0 Å². The minimum absolute atomic E-state index is 0.123. The highest BCUT2D eigenvalue weighted by molar-refractivity contribution is 5.93. The van der Waals surface area contributed by atoms with Gasteiger partial charge in [-0.1, -0.05) is 12.1 Å². The average Bonchev–Trinajstić information content (AvgIpc) is 3.08. The molecule has 2 aromatic heterocycles.